The molecule has 8 nitrogen and oxygen atoms in total. The van der Waals surface area contributed by atoms with Gasteiger partial charge < -0.3 is 14.4 Å². The average molecular weight is 466 g/mol. The summed E-state index contributed by atoms with van der Waals surface area (Å²) in [4.78, 5) is 22.1. The molecule has 0 bridgehead atoms. The van der Waals surface area contributed by atoms with Gasteiger partial charge in [-0.3, -0.25) is 0 Å². The molecule has 0 N–H and O–H groups in total. The van der Waals surface area contributed by atoms with Crippen molar-refractivity contribution in [2.45, 2.75) is 50.7 Å². The Bertz CT molecular complexity index is 1050. The third kappa shape index (κ3) is 5.93. The molecular formula is C22H28FN3O5S. The number of rotatable bonds is 6. The summed E-state index contributed by atoms with van der Waals surface area (Å²) in [5.41, 5.74) is 0.435. The number of aromatic nitrogens is 2. The maximum absolute atomic E-state index is 14.4. The van der Waals surface area contributed by atoms with Crippen LogP contribution in [-0.4, -0.2) is 60.9 Å². The van der Waals surface area contributed by atoms with Gasteiger partial charge in [0.15, 0.2) is 9.84 Å². The number of carbonyl (C=O) groups excluding carboxylic acids is 1. The van der Waals surface area contributed by atoms with Gasteiger partial charge in [0, 0.05) is 24.9 Å². The minimum Gasteiger partial charge on any atom is -0.473 e. The average Bonchev–Trinajstić information content (AvgIpc) is 2.73. The Kier molecular flexibility index (Phi) is 7.33. The highest BCUT2D eigenvalue weighted by Gasteiger charge is 2.28. The minimum atomic E-state index is -3.49. The fourth-order valence-corrected chi connectivity index (χ4v) is 4.20. The first-order chi connectivity index (χ1) is 15.0. The van der Waals surface area contributed by atoms with Gasteiger partial charge in [0.2, 0.25) is 5.88 Å². The van der Waals surface area contributed by atoms with Gasteiger partial charge in [-0.15, -0.1) is 0 Å². The van der Waals surface area contributed by atoms with Crippen LogP contribution in [0.15, 0.2) is 35.5 Å². The van der Waals surface area contributed by atoms with Crippen LogP contribution in [0, 0.1) is 11.7 Å². The number of nitrogens with zero attached hydrogens (tertiary/aromatic N) is 3. The molecule has 0 saturated carbocycles. The molecule has 3 rings (SSSR count). The number of sulfone groups is 1. The van der Waals surface area contributed by atoms with E-state index >= 15 is 0 Å². The van der Waals surface area contributed by atoms with Crippen molar-refractivity contribution in [3.63, 3.8) is 0 Å². The molecule has 2 aromatic rings. The van der Waals surface area contributed by atoms with E-state index in [4.69, 9.17) is 9.47 Å². The van der Waals surface area contributed by atoms with E-state index in [9.17, 15) is 17.6 Å². The van der Waals surface area contributed by atoms with Crippen molar-refractivity contribution in [3.8, 4) is 17.1 Å². The van der Waals surface area contributed by atoms with E-state index in [1.54, 1.807) is 4.90 Å². The van der Waals surface area contributed by atoms with Gasteiger partial charge in [0.1, 0.15) is 11.9 Å². The maximum Gasteiger partial charge on any atom is 0.410 e. The van der Waals surface area contributed by atoms with Crippen LogP contribution >= 0.6 is 0 Å². The van der Waals surface area contributed by atoms with Crippen LogP contribution in [-0.2, 0) is 14.6 Å². The number of ether oxygens (including phenoxy) is 2. The maximum atomic E-state index is 14.4. The van der Waals surface area contributed by atoms with Gasteiger partial charge in [-0.05, 0) is 57.7 Å². The SMILES string of the molecule is CC(C)OC(=O)N1CCC([C@H](C)Oc2cnc(-c3ccc(S(C)(=O)=O)cc3F)cn2)CC1. The molecule has 0 unspecified atom stereocenters. The third-order valence-corrected chi connectivity index (χ3v) is 6.49. The first-order valence-electron chi connectivity index (χ1n) is 10.5. The zero-order valence-corrected chi connectivity index (χ0v) is 19.4. The standard InChI is InChI=1S/C22H28FN3O5S/c1-14(2)30-22(27)26-9-7-16(8-10-26)15(3)31-21-13-24-20(12-25-21)18-6-5-17(11-19(18)23)32(4,28)29/h5-6,11-16H,7-10H2,1-4H3/t15-/m0/s1. The minimum absolute atomic E-state index is 0.0935. The van der Waals surface area contributed by atoms with E-state index in [-0.39, 0.29) is 40.4 Å². The molecule has 1 fully saturated rings. The molecule has 10 heteroatoms. The van der Waals surface area contributed by atoms with Gasteiger partial charge in [0.25, 0.3) is 0 Å². The molecule has 0 spiro atoms. The van der Waals surface area contributed by atoms with Crippen molar-refractivity contribution < 1.29 is 27.1 Å². The van der Waals surface area contributed by atoms with Crippen molar-refractivity contribution in [2.24, 2.45) is 5.92 Å². The quantitative estimate of drug-likeness (QED) is 0.641. The zero-order valence-electron chi connectivity index (χ0n) is 18.6. The lowest BCUT2D eigenvalue weighted by Gasteiger charge is -2.34. The topological polar surface area (TPSA) is 98.7 Å². The molecule has 1 aromatic carbocycles. The second kappa shape index (κ2) is 9.81. The molecule has 174 valence electrons. The summed E-state index contributed by atoms with van der Waals surface area (Å²) in [5.74, 6) is -0.122. The summed E-state index contributed by atoms with van der Waals surface area (Å²) in [6.45, 7) is 6.82. The van der Waals surface area contributed by atoms with Crippen LogP contribution < -0.4 is 4.74 Å². The summed E-state index contributed by atoms with van der Waals surface area (Å²) in [6, 6.07) is 3.68. The molecule has 1 aliphatic heterocycles. The molecule has 1 saturated heterocycles. The van der Waals surface area contributed by atoms with E-state index in [0.29, 0.717) is 19.0 Å². The number of benzene rings is 1. The van der Waals surface area contributed by atoms with Gasteiger partial charge >= 0.3 is 6.09 Å². The van der Waals surface area contributed by atoms with E-state index < -0.39 is 15.7 Å². The van der Waals surface area contributed by atoms with Gasteiger partial charge in [-0.1, -0.05) is 0 Å². The highest BCUT2D eigenvalue weighted by Crippen LogP contribution is 2.26. The Balaban J connectivity index is 1.59. The smallest absolute Gasteiger partial charge is 0.410 e. The molecule has 1 aliphatic rings. The third-order valence-electron chi connectivity index (χ3n) is 5.38. The number of carbonyl (C=O) groups is 1. The Morgan fingerprint density at radius 2 is 1.84 bits per heavy atom. The first kappa shape index (κ1) is 23.9. The fraction of sp³-hybridized carbons (Fsp3) is 0.500. The predicted molar refractivity (Wildman–Crippen MR) is 117 cm³/mol. The lowest BCUT2D eigenvalue weighted by Crippen LogP contribution is -2.42. The van der Waals surface area contributed by atoms with Crippen molar-refractivity contribution >= 4 is 15.9 Å². The molecule has 1 atom stereocenters. The number of likely N-dealkylation sites (tertiary alicyclic amines) is 1. The summed E-state index contributed by atoms with van der Waals surface area (Å²) in [5, 5.41) is 0. The summed E-state index contributed by atoms with van der Waals surface area (Å²) in [6.07, 6.45) is 4.85. The number of hydrogen-bond donors (Lipinski definition) is 0. The van der Waals surface area contributed by atoms with Gasteiger partial charge in [0.05, 0.1) is 29.1 Å². The second-order valence-corrected chi connectivity index (χ2v) is 10.2. The van der Waals surface area contributed by atoms with Crippen molar-refractivity contribution in [3.05, 3.63) is 36.4 Å². The highest BCUT2D eigenvalue weighted by atomic mass is 32.2. The van der Waals surface area contributed by atoms with Crippen LogP contribution in [0.1, 0.15) is 33.6 Å². The number of piperidine rings is 1. The summed E-state index contributed by atoms with van der Waals surface area (Å²) in [7, 11) is -3.49. The monoisotopic (exact) mass is 465 g/mol. The van der Waals surface area contributed by atoms with Crippen molar-refractivity contribution in [1.29, 1.82) is 0 Å². The predicted octanol–water partition coefficient (Wildman–Crippen LogP) is 3.71. The normalized spacial score (nSPS) is 16.1. The first-order valence-corrected chi connectivity index (χ1v) is 12.4. The lowest BCUT2D eigenvalue weighted by atomic mass is 9.92. The van der Waals surface area contributed by atoms with Crippen molar-refractivity contribution in [2.75, 3.05) is 19.3 Å². The molecule has 0 aliphatic carbocycles. The highest BCUT2D eigenvalue weighted by molar-refractivity contribution is 7.90. The molecule has 32 heavy (non-hydrogen) atoms. The Morgan fingerprint density at radius 3 is 2.38 bits per heavy atom. The molecule has 0 radical (unpaired) electrons. The van der Waals surface area contributed by atoms with E-state index in [2.05, 4.69) is 9.97 Å². The number of amides is 1. The van der Waals surface area contributed by atoms with E-state index in [0.717, 1.165) is 25.2 Å². The fourth-order valence-electron chi connectivity index (χ4n) is 3.56. The molecular weight excluding hydrogens is 437 g/mol. The second-order valence-electron chi connectivity index (χ2n) is 8.23. The molecule has 1 aromatic heterocycles. The zero-order chi connectivity index (χ0) is 23.5. The van der Waals surface area contributed by atoms with Crippen LogP contribution in [0.4, 0.5) is 9.18 Å². The van der Waals surface area contributed by atoms with Crippen molar-refractivity contribution in [1.82, 2.24) is 14.9 Å². The largest absolute Gasteiger partial charge is 0.473 e. The van der Waals surface area contributed by atoms with Crippen LogP contribution in [0.25, 0.3) is 11.3 Å². The molecule has 2 heterocycles. The van der Waals surface area contributed by atoms with Gasteiger partial charge in [-0.2, -0.15) is 0 Å². The van der Waals surface area contributed by atoms with Crippen LogP contribution in [0.3, 0.4) is 0 Å². The van der Waals surface area contributed by atoms with Crippen LogP contribution in [0.5, 0.6) is 5.88 Å². The Hall–Kier alpha value is -2.75. The summed E-state index contributed by atoms with van der Waals surface area (Å²) >= 11 is 0. The lowest BCUT2D eigenvalue weighted by molar-refractivity contribution is 0.0485. The van der Waals surface area contributed by atoms with E-state index in [1.165, 1.54) is 24.5 Å². The van der Waals surface area contributed by atoms with E-state index in [1.807, 2.05) is 20.8 Å². The Labute approximate surface area is 187 Å². The van der Waals surface area contributed by atoms with Crippen LogP contribution in [0.2, 0.25) is 0 Å². The van der Waals surface area contributed by atoms with Gasteiger partial charge in [-0.25, -0.2) is 27.6 Å². The Morgan fingerprint density at radius 1 is 1.16 bits per heavy atom. The molecule has 1 amide bonds. The number of hydrogen-bond acceptors (Lipinski definition) is 7. The number of halogens is 1. The summed E-state index contributed by atoms with van der Waals surface area (Å²) < 4.78 is 48.7.